The number of hydrogen-bond acceptors (Lipinski definition) is 3. The second-order valence-electron chi connectivity index (χ2n) is 2.87. The van der Waals surface area contributed by atoms with E-state index in [1.54, 1.807) is 6.92 Å². The zero-order valence-corrected chi connectivity index (χ0v) is 6.95. The Balaban J connectivity index is 2.71. The summed E-state index contributed by atoms with van der Waals surface area (Å²) in [5.41, 5.74) is 0. The maximum Gasteiger partial charge on any atom is 0.111 e. The van der Waals surface area contributed by atoms with E-state index in [0.29, 0.717) is 0 Å². The van der Waals surface area contributed by atoms with Crippen molar-refractivity contribution in [3.63, 3.8) is 0 Å². The summed E-state index contributed by atoms with van der Waals surface area (Å²) in [6.45, 7) is 1.32. The largest absolute Gasteiger partial charge is 0.394 e. The van der Waals surface area contributed by atoms with Gasteiger partial charge < -0.3 is 14.9 Å². The van der Waals surface area contributed by atoms with E-state index in [2.05, 4.69) is 0 Å². The van der Waals surface area contributed by atoms with E-state index in [1.165, 1.54) is 0 Å². The van der Waals surface area contributed by atoms with Crippen LogP contribution in [0, 0.1) is 0 Å². The van der Waals surface area contributed by atoms with Crippen LogP contribution in [0.2, 0.25) is 0 Å². The molecule has 0 amide bonds. The van der Waals surface area contributed by atoms with Gasteiger partial charge in [0.25, 0.3) is 0 Å². The molecule has 2 N–H and O–H groups in total. The van der Waals surface area contributed by atoms with E-state index >= 15 is 0 Å². The van der Waals surface area contributed by atoms with Crippen LogP contribution in [0.15, 0.2) is 0 Å². The van der Waals surface area contributed by atoms with Gasteiger partial charge in [0.2, 0.25) is 0 Å². The van der Waals surface area contributed by atoms with Crippen LogP contribution in [0.1, 0.15) is 6.92 Å². The number of halogens is 1. The van der Waals surface area contributed by atoms with Crippen LogP contribution in [0.5, 0.6) is 0 Å². The number of hydrogen-bond donors (Lipinski definition) is 2. The Hall–Kier alpha value is 0.235. The lowest BCUT2D eigenvalue weighted by molar-refractivity contribution is -0.00460. The van der Waals surface area contributed by atoms with Crippen molar-refractivity contribution in [2.45, 2.75) is 30.0 Å². The van der Waals surface area contributed by atoms with Crippen molar-refractivity contribution < 1.29 is 14.9 Å². The van der Waals surface area contributed by atoms with Crippen molar-refractivity contribution in [2.24, 2.45) is 0 Å². The molecule has 0 aromatic rings. The quantitative estimate of drug-likeness (QED) is 0.407. The third-order valence-electron chi connectivity index (χ3n) is 1.99. The summed E-state index contributed by atoms with van der Waals surface area (Å²) in [5, 5.41) is 18.1. The van der Waals surface area contributed by atoms with E-state index in [9.17, 15) is 5.11 Å². The summed E-state index contributed by atoms with van der Waals surface area (Å²) < 4.78 is 4.98. The summed E-state index contributed by atoms with van der Waals surface area (Å²) in [6, 6.07) is -0.726. The second-order valence-corrected chi connectivity index (χ2v) is 3.69. The molecule has 1 aliphatic heterocycles. The maximum absolute atomic E-state index is 9.39. The first kappa shape index (κ1) is 9.32. The van der Waals surface area contributed by atoms with Gasteiger partial charge in [-0.1, -0.05) is 0 Å². The molecular weight excluding hydrogens is 166 g/mol. The highest BCUT2D eigenvalue weighted by Gasteiger charge is 2.48. The van der Waals surface area contributed by atoms with Crippen LogP contribution < -0.4 is 0 Å². The Morgan fingerprint density at radius 2 is 2.27 bits per heavy atom. The lowest BCUT2D eigenvalue weighted by Gasteiger charge is -2.22. The number of alkyl halides is 1. The van der Waals surface area contributed by atoms with Crippen molar-refractivity contribution >= 4 is 19.4 Å². The van der Waals surface area contributed by atoms with Crippen molar-refractivity contribution in [1.29, 1.82) is 0 Å². The molecule has 4 atom stereocenters. The van der Waals surface area contributed by atoms with Crippen LogP contribution in [0.4, 0.5) is 0 Å². The highest BCUT2D eigenvalue weighted by molar-refractivity contribution is 6.30. The molecule has 2 radical (unpaired) electrons. The monoisotopic (exact) mass is 176 g/mol. The molecule has 0 bridgehead atoms. The average molecular weight is 176 g/mol. The fourth-order valence-electron chi connectivity index (χ4n) is 1.07. The molecule has 0 spiro atoms. The van der Waals surface area contributed by atoms with Gasteiger partial charge in [0, 0.05) is 6.00 Å². The Morgan fingerprint density at radius 1 is 1.73 bits per heavy atom. The Kier molecular flexibility index (Phi) is 2.49. The molecule has 0 aromatic heterocycles. The van der Waals surface area contributed by atoms with Crippen molar-refractivity contribution in [2.75, 3.05) is 6.61 Å². The summed E-state index contributed by atoms with van der Waals surface area (Å²) in [5.74, 6) is 0. The summed E-state index contributed by atoms with van der Waals surface area (Å²) in [4.78, 5) is -0.993. The Bertz CT molecular complexity index is 153. The minimum atomic E-state index is -0.993. The molecule has 11 heavy (non-hydrogen) atoms. The van der Waals surface area contributed by atoms with Crippen molar-refractivity contribution in [3.05, 3.63) is 0 Å². The molecular formula is C6H10BClO3. The van der Waals surface area contributed by atoms with Gasteiger partial charge >= 0.3 is 0 Å². The summed E-state index contributed by atoms with van der Waals surface area (Å²) in [7, 11) is 5.44. The molecule has 0 aromatic carbocycles. The van der Waals surface area contributed by atoms with Crippen LogP contribution in [-0.2, 0) is 4.74 Å². The van der Waals surface area contributed by atoms with Gasteiger partial charge in [-0.3, -0.25) is 0 Å². The lowest BCUT2D eigenvalue weighted by atomic mass is 9.85. The van der Waals surface area contributed by atoms with Gasteiger partial charge in [0.15, 0.2) is 0 Å². The number of rotatable bonds is 1. The minimum absolute atomic E-state index is 0.267. The molecule has 5 heteroatoms. The molecule has 1 fully saturated rings. The Labute approximate surface area is 71.7 Å². The van der Waals surface area contributed by atoms with Crippen LogP contribution in [-0.4, -0.2) is 47.8 Å². The highest BCUT2D eigenvalue weighted by Crippen LogP contribution is 2.34. The first-order valence-electron chi connectivity index (χ1n) is 3.39. The third-order valence-corrected chi connectivity index (χ3v) is 2.43. The predicted molar refractivity (Wildman–Crippen MR) is 41.8 cm³/mol. The first-order chi connectivity index (χ1) is 5.00. The molecule has 1 heterocycles. The molecule has 1 saturated heterocycles. The molecule has 62 valence electrons. The van der Waals surface area contributed by atoms with Gasteiger partial charge in [-0.15, -0.1) is 11.6 Å². The first-order valence-corrected chi connectivity index (χ1v) is 3.77. The average Bonchev–Trinajstić information content (AvgIpc) is 2.14. The standard InChI is InChI=1S/C6H10BClO3/c1-6(8)4(10)3(2-9)11-5(6)7/h3-5,9-10H,2H2,1H3/t3-,4-,5-,6-/m1/s1. The van der Waals surface area contributed by atoms with E-state index in [-0.39, 0.29) is 6.61 Å². The van der Waals surface area contributed by atoms with Gasteiger partial charge in [-0.2, -0.15) is 0 Å². The number of ether oxygens (including phenoxy) is 1. The molecule has 0 saturated carbocycles. The second kappa shape index (κ2) is 2.94. The van der Waals surface area contributed by atoms with Crippen LogP contribution in [0.3, 0.4) is 0 Å². The fourth-order valence-corrected chi connectivity index (χ4v) is 1.26. The van der Waals surface area contributed by atoms with Crippen molar-refractivity contribution in [1.82, 2.24) is 0 Å². The van der Waals surface area contributed by atoms with E-state index in [0.717, 1.165) is 0 Å². The molecule has 1 rings (SSSR count). The number of aliphatic hydroxyl groups excluding tert-OH is 2. The van der Waals surface area contributed by atoms with Crippen LogP contribution >= 0.6 is 11.6 Å². The van der Waals surface area contributed by atoms with E-state index in [4.69, 9.17) is 29.3 Å². The van der Waals surface area contributed by atoms with Crippen molar-refractivity contribution in [3.8, 4) is 0 Å². The predicted octanol–water partition coefficient (Wildman–Crippen LogP) is -0.770. The van der Waals surface area contributed by atoms with Gasteiger partial charge in [-0.25, -0.2) is 0 Å². The molecule has 0 aliphatic carbocycles. The smallest absolute Gasteiger partial charge is 0.111 e. The molecule has 0 unspecified atom stereocenters. The van der Waals surface area contributed by atoms with Gasteiger partial charge in [-0.05, 0) is 6.92 Å². The lowest BCUT2D eigenvalue weighted by Crippen LogP contribution is -2.40. The van der Waals surface area contributed by atoms with E-state index < -0.39 is 23.1 Å². The van der Waals surface area contributed by atoms with Gasteiger partial charge in [0.05, 0.1) is 11.5 Å². The van der Waals surface area contributed by atoms with Crippen LogP contribution in [0.25, 0.3) is 0 Å². The SMILES string of the molecule is [B][C@@H]1O[C@H](CO)[C@@H](O)[C@@]1(C)Cl. The summed E-state index contributed by atoms with van der Waals surface area (Å²) >= 11 is 5.83. The van der Waals surface area contributed by atoms with E-state index in [1.807, 2.05) is 0 Å². The topological polar surface area (TPSA) is 49.7 Å². The molecule has 3 nitrogen and oxygen atoms in total. The minimum Gasteiger partial charge on any atom is -0.394 e. The number of aliphatic hydroxyl groups is 2. The third kappa shape index (κ3) is 1.40. The normalized spacial score (nSPS) is 51.5. The zero-order chi connectivity index (χ0) is 8.65. The fraction of sp³-hybridized carbons (Fsp3) is 1.00. The summed E-state index contributed by atoms with van der Waals surface area (Å²) in [6.07, 6.45) is -1.57. The molecule has 1 aliphatic rings. The van der Waals surface area contributed by atoms with Gasteiger partial charge in [0.1, 0.15) is 20.1 Å². The highest BCUT2D eigenvalue weighted by atomic mass is 35.5. The zero-order valence-electron chi connectivity index (χ0n) is 6.20. The Morgan fingerprint density at radius 3 is 2.45 bits per heavy atom. The maximum atomic E-state index is 9.39.